The Morgan fingerprint density at radius 1 is 1.32 bits per heavy atom. The molecule has 3 aromatic rings. The molecule has 0 atom stereocenters. The largest absolute Gasteiger partial charge is 0.462 e. The molecule has 112 valence electrons. The molecular weight excluding hydrogens is 280 g/mol. The number of hydrogen-bond acceptors (Lipinski definition) is 5. The number of nitrogen functional groups attached to an aromatic ring is 1. The zero-order valence-electron chi connectivity index (χ0n) is 12.2. The normalized spacial score (nSPS) is 14.6. The van der Waals surface area contributed by atoms with Crippen LogP contribution in [-0.2, 0) is 4.74 Å². The number of benzene rings is 1. The number of nitrogens with two attached hydrogens (primary N) is 1. The summed E-state index contributed by atoms with van der Waals surface area (Å²) in [6.45, 7) is 2.07. The van der Waals surface area contributed by atoms with Gasteiger partial charge in [0.05, 0.1) is 17.6 Å². The molecule has 0 amide bonds. The third-order valence-electron chi connectivity index (χ3n) is 3.92. The van der Waals surface area contributed by atoms with Gasteiger partial charge in [0.1, 0.15) is 16.9 Å². The molecular formula is C16H16N4O2. The van der Waals surface area contributed by atoms with Crippen molar-refractivity contribution >= 4 is 34.0 Å². The van der Waals surface area contributed by atoms with Gasteiger partial charge in [-0.15, -0.1) is 0 Å². The second-order valence-corrected chi connectivity index (χ2v) is 5.47. The highest BCUT2D eigenvalue weighted by molar-refractivity contribution is 6.08. The summed E-state index contributed by atoms with van der Waals surface area (Å²) in [5.74, 6) is -0.0276. The Hall–Kier alpha value is -2.63. The molecule has 1 aliphatic rings. The first-order chi connectivity index (χ1) is 10.7. The van der Waals surface area contributed by atoms with Gasteiger partial charge in [-0.1, -0.05) is 12.1 Å². The molecule has 6 nitrogen and oxygen atoms in total. The number of anilines is 1. The standard InChI is InChI=1S/C16H16N4O2/c1-2-22-16(21)12-13-15(20(14(12)17)9-7-8-9)19-11-6-4-3-5-10(11)18-13/h3-6,9H,2,7-8,17H2,1H3. The lowest BCUT2D eigenvalue weighted by Crippen LogP contribution is -2.09. The van der Waals surface area contributed by atoms with E-state index in [0.717, 1.165) is 23.9 Å². The summed E-state index contributed by atoms with van der Waals surface area (Å²) in [6.07, 6.45) is 2.09. The highest BCUT2D eigenvalue weighted by atomic mass is 16.5. The third-order valence-corrected chi connectivity index (χ3v) is 3.92. The number of para-hydroxylation sites is 2. The number of fused-ring (bicyclic) bond motifs is 2. The molecule has 22 heavy (non-hydrogen) atoms. The van der Waals surface area contributed by atoms with E-state index in [1.807, 2.05) is 28.8 Å². The fraction of sp³-hybridized carbons (Fsp3) is 0.312. The fourth-order valence-corrected chi connectivity index (χ4v) is 2.79. The molecule has 6 heteroatoms. The van der Waals surface area contributed by atoms with E-state index in [1.165, 1.54) is 0 Å². The van der Waals surface area contributed by atoms with E-state index in [2.05, 4.69) is 9.97 Å². The van der Waals surface area contributed by atoms with Crippen molar-refractivity contribution in [3.05, 3.63) is 29.8 Å². The summed E-state index contributed by atoms with van der Waals surface area (Å²) in [6, 6.07) is 7.91. The zero-order valence-corrected chi connectivity index (χ0v) is 12.2. The van der Waals surface area contributed by atoms with Gasteiger partial charge in [-0.05, 0) is 31.9 Å². The first-order valence-corrected chi connectivity index (χ1v) is 7.44. The highest BCUT2D eigenvalue weighted by Crippen LogP contribution is 2.42. The van der Waals surface area contributed by atoms with Gasteiger partial charge < -0.3 is 15.0 Å². The van der Waals surface area contributed by atoms with Crippen LogP contribution in [0.1, 0.15) is 36.2 Å². The first kappa shape index (κ1) is 13.1. The van der Waals surface area contributed by atoms with Crippen LogP contribution in [0.25, 0.3) is 22.2 Å². The Bertz CT molecular complexity index is 896. The lowest BCUT2D eigenvalue weighted by atomic mass is 10.2. The predicted octanol–water partition coefficient (Wildman–Crippen LogP) is 2.68. The number of carbonyl (C=O) groups is 1. The lowest BCUT2D eigenvalue weighted by molar-refractivity contribution is 0.0529. The van der Waals surface area contributed by atoms with E-state index in [-0.39, 0.29) is 0 Å². The van der Waals surface area contributed by atoms with Crippen LogP contribution in [0.2, 0.25) is 0 Å². The highest BCUT2D eigenvalue weighted by Gasteiger charge is 2.33. The molecule has 0 saturated heterocycles. The molecule has 1 aromatic carbocycles. The maximum Gasteiger partial charge on any atom is 0.344 e. The Morgan fingerprint density at radius 3 is 2.64 bits per heavy atom. The Kier molecular flexibility index (Phi) is 2.79. The number of hydrogen-bond donors (Lipinski definition) is 1. The van der Waals surface area contributed by atoms with Gasteiger partial charge >= 0.3 is 5.97 Å². The minimum absolute atomic E-state index is 0.301. The van der Waals surface area contributed by atoms with Crippen LogP contribution in [0, 0.1) is 0 Å². The van der Waals surface area contributed by atoms with Crippen LogP contribution in [0.4, 0.5) is 5.82 Å². The number of carbonyl (C=O) groups excluding carboxylic acids is 1. The van der Waals surface area contributed by atoms with Gasteiger partial charge in [-0.25, -0.2) is 14.8 Å². The molecule has 4 rings (SSSR count). The topological polar surface area (TPSA) is 83.0 Å². The third kappa shape index (κ3) is 1.83. The predicted molar refractivity (Wildman–Crippen MR) is 83.7 cm³/mol. The van der Waals surface area contributed by atoms with Crippen LogP contribution in [0.3, 0.4) is 0 Å². The second-order valence-electron chi connectivity index (χ2n) is 5.47. The maximum atomic E-state index is 12.3. The molecule has 0 aliphatic heterocycles. The van der Waals surface area contributed by atoms with Gasteiger partial charge in [-0.3, -0.25) is 0 Å². The number of ether oxygens (including phenoxy) is 1. The summed E-state index contributed by atoms with van der Waals surface area (Å²) >= 11 is 0. The van der Waals surface area contributed by atoms with Crippen LogP contribution in [0.15, 0.2) is 24.3 Å². The second kappa shape index (κ2) is 4.69. The number of rotatable bonds is 3. The van der Waals surface area contributed by atoms with E-state index in [4.69, 9.17) is 10.5 Å². The molecule has 1 fully saturated rings. The quantitative estimate of drug-likeness (QED) is 0.751. The fourth-order valence-electron chi connectivity index (χ4n) is 2.79. The minimum atomic E-state index is -0.436. The molecule has 2 aromatic heterocycles. The van der Waals surface area contributed by atoms with Crippen molar-refractivity contribution in [3.63, 3.8) is 0 Å². The molecule has 0 bridgehead atoms. The lowest BCUT2D eigenvalue weighted by Gasteiger charge is -2.05. The summed E-state index contributed by atoms with van der Waals surface area (Å²) in [7, 11) is 0. The smallest absolute Gasteiger partial charge is 0.344 e. The number of esters is 1. The summed E-state index contributed by atoms with van der Waals surface area (Å²) in [5.41, 5.74) is 9.31. The van der Waals surface area contributed by atoms with Crippen molar-refractivity contribution in [3.8, 4) is 0 Å². The van der Waals surface area contributed by atoms with Crippen LogP contribution in [-0.4, -0.2) is 27.1 Å². The van der Waals surface area contributed by atoms with Crippen LogP contribution in [0.5, 0.6) is 0 Å². The van der Waals surface area contributed by atoms with Gasteiger partial charge in [-0.2, -0.15) is 0 Å². The van der Waals surface area contributed by atoms with Crippen molar-refractivity contribution in [2.45, 2.75) is 25.8 Å². The monoisotopic (exact) mass is 296 g/mol. The number of aromatic nitrogens is 3. The van der Waals surface area contributed by atoms with Crippen molar-refractivity contribution in [2.75, 3.05) is 12.3 Å². The van der Waals surface area contributed by atoms with E-state index in [1.54, 1.807) is 6.92 Å². The van der Waals surface area contributed by atoms with E-state index >= 15 is 0 Å². The van der Waals surface area contributed by atoms with E-state index in [0.29, 0.717) is 35.2 Å². The Morgan fingerprint density at radius 2 is 2.00 bits per heavy atom. The molecule has 0 unspecified atom stereocenters. The van der Waals surface area contributed by atoms with Gasteiger partial charge in [0.25, 0.3) is 0 Å². The Labute approximate surface area is 126 Å². The van der Waals surface area contributed by atoms with Crippen molar-refractivity contribution in [1.29, 1.82) is 0 Å². The van der Waals surface area contributed by atoms with Gasteiger partial charge in [0, 0.05) is 6.04 Å². The van der Waals surface area contributed by atoms with Crippen molar-refractivity contribution in [2.24, 2.45) is 0 Å². The van der Waals surface area contributed by atoms with Gasteiger partial charge in [0.2, 0.25) is 0 Å². The summed E-state index contributed by atoms with van der Waals surface area (Å²) in [5, 5.41) is 0. The molecule has 1 saturated carbocycles. The van der Waals surface area contributed by atoms with Gasteiger partial charge in [0.15, 0.2) is 5.65 Å². The zero-order chi connectivity index (χ0) is 15.3. The SMILES string of the molecule is CCOC(=O)c1c(N)n(C2CC2)c2nc3ccccc3nc12. The summed E-state index contributed by atoms with van der Waals surface area (Å²) < 4.78 is 7.07. The maximum absolute atomic E-state index is 12.3. The first-order valence-electron chi connectivity index (χ1n) is 7.44. The average Bonchev–Trinajstić information content (AvgIpc) is 3.29. The van der Waals surface area contributed by atoms with Crippen molar-refractivity contribution in [1.82, 2.24) is 14.5 Å². The molecule has 2 N–H and O–H groups in total. The summed E-state index contributed by atoms with van der Waals surface area (Å²) in [4.78, 5) is 21.6. The number of nitrogens with zero attached hydrogens (tertiary/aromatic N) is 3. The van der Waals surface area contributed by atoms with E-state index < -0.39 is 5.97 Å². The van der Waals surface area contributed by atoms with E-state index in [9.17, 15) is 4.79 Å². The Balaban J connectivity index is 2.06. The van der Waals surface area contributed by atoms with Crippen LogP contribution < -0.4 is 5.73 Å². The molecule has 0 spiro atoms. The molecule has 1 aliphatic carbocycles. The van der Waals surface area contributed by atoms with Crippen LogP contribution >= 0.6 is 0 Å². The molecule has 0 radical (unpaired) electrons. The average molecular weight is 296 g/mol. The van der Waals surface area contributed by atoms with Crippen molar-refractivity contribution < 1.29 is 9.53 Å². The molecule has 2 heterocycles. The minimum Gasteiger partial charge on any atom is -0.462 e.